The zero-order chi connectivity index (χ0) is 19.2. The maximum Gasteiger partial charge on any atom is 0.261 e. The Morgan fingerprint density at radius 3 is 2.65 bits per heavy atom. The number of sulfonamides is 1. The van der Waals surface area contributed by atoms with Gasteiger partial charge >= 0.3 is 0 Å². The van der Waals surface area contributed by atoms with Crippen molar-refractivity contribution in [3.63, 3.8) is 0 Å². The number of benzene rings is 2. The molecule has 0 bridgehead atoms. The maximum absolute atomic E-state index is 12.6. The first-order chi connectivity index (χ1) is 12.4. The highest BCUT2D eigenvalue weighted by molar-refractivity contribution is 7.92. The second-order valence-electron chi connectivity index (χ2n) is 5.17. The fourth-order valence-corrected chi connectivity index (χ4v) is 3.26. The first-order valence-electron chi connectivity index (χ1n) is 7.68. The normalized spacial score (nSPS) is 10.7. The van der Waals surface area contributed by atoms with E-state index in [-0.39, 0.29) is 16.2 Å². The monoisotopic (exact) mass is 376 g/mol. The Kier molecular flexibility index (Phi) is 6.24. The van der Waals surface area contributed by atoms with Gasteiger partial charge in [0.1, 0.15) is 18.1 Å². The number of anilines is 1. The van der Waals surface area contributed by atoms with Crippen molar-refractivity contribution < 1.29 is 22.7 Å². The number of carbonyl (C=O) groups is 1. The predicted octanol–water partition coefficient (Wildman–Crippen LogP) is 2.42. The molecule has 7 nitrogen and oxygen atoms in total. The molecule has 0 radical (unpaired) electrons. The number of carbonyl (C=O) groups excluding carboxylic acids is 1. The molecule has 0 heterocycles. The number of methoxy groups -OCH3 is 1. The number of rotatable bonds is 8. The van der Waals surface area contributed by atoms with Crippen LogP contribution < -0.4 is 19.5 Å². The van der Waals surface area contributed by atoms with Crippen LogP contribution in [0.2, 0.25) is 0 Å². The summed E-state index contributed by atoms with van der Waals surface area (Å²) >= 11 is 0. The van der Waals surface area contributed by atoms with E-state index in [4.69, 9.17) is 9.47 Å². The molecule has 0 atom stereocenters. The number of nitrogens with one attached hydrogen (secondary N) is 2. The standard InChI is InChI=1S/C18H20N2O5S/c1-4-10-25-14-7-5-6-13(11-14)20-26(22,23)15-8-9-17(24-3)16(12-15)18(21)19-2/h4-9,11-12,20H,1,10H2,2-3H3,(H,19,21). The van der Waals surface area contributed by atoms with Gasteiger partial charge in [-0.1, -0.05) is 18.7 Å². The Morgan fingerprint density at radius 2 is 2.00 bits per heavy atom. The van der Waals surface area contributed by atoms with Crippen molar-refractivity contribution in [2.45, 2.75) is 4.90 Å². The van der Waals surface area contributed by atoms with Gasteiger partial charge in [-0.15, -0.1) is 0 Å². The van der Waals surface area contributed by atoms with Crippen molar-refractivity contribution in [1.82, 2.24) is 5.32 Å². The average molecular weight is 376 g/mol. The molecule has 0 aromatic heterocycles. The Bertz CT molecular complexity index is 910. The summed E-state index contributed by atoms with van der Waals surface area (Å²) < 4.78 is 38.3. The van der Waals surface area contributed by atoms with Gasteiger partial charge in [-0.3, -0.25) is 9.52 Å². The zero-order valence-corrected chi connectivity index (χ0v) is 15.3. The molecular formula is C18H20N2O5S. The van der Waals surface area contributed by atoms with Gasteiger partial charge in [0.15, 0.2) is 0 Å². The number of amides is 1. The lowest BCUT2D eigenvalue weighted by Crippen LogP contribution is -2.20. The quantitative estimate of drug-likeness (QED) is 0.690. The highest BCUT2D eigenvalue weighted by atomic mass is 32.2. The summed E-state index contributed by atoms with van der Waals surface area (Å²) in [6, 6.07) is 10.6. The van der Waals surface area contributed by atoms with E-state index in [1.54, 1.807) is 30.3 Å². The Hall–Kier alpha value is -3.00. The van der Waals surface area contributed by atoms with E-state index in [0.29, 0.717) is 18.0 Å². The molecule has 0 saturated carbocycles. The molecule has 2 rings (SSSR count). The van der Waals surface area contributed by atoms with Crippen molar-refractivity contribution in [3.8, 4) is 11.5 Å². The van der Waals surface area contributed by atoms with Crippen LogP contribution in [-0.2, 0) is 10.0 Å². The van der Waals surface area contributed by atoms with Crippen LogP contribution >= 0.6 is 0 Å². The molecular weight excluding hydrogens is 356 g/mol. The first-order valence-corrected chi connectivity index (χ1v) is 9.16. The molecule has 2 aromatic rings. The number of hydrogen-bond donors (Lipinski definition) is 2. The fraction of sp³-hybridized carbons (Fsp3) is 0.167. The first kappa shape index (κ1) is 19.3. The molecule has 2 aromatic carbocycles. The van der Waals surface area contributed by atoms with E-state index in [9.17, 15) is 13.2 Å². The predicted molar refractivity (Wildman–Crippen MR) is 99.3 cm³/mol. The van der Waals surface area contributed by atoms with Gasteiger partial charge in [0.2, 0.25) is 0 Å². The average Bonchev–Trinajstić information content (AvgIpc) is 2.65. The molecule has 0 fully saturated rings. The van der Waals surface area contributed by atoms with E-state index < -0.39 is 15.9 Å². The van der Waals surface area contributed by atoms with Crippen LogP contribution in [0.15, 0.2) is 60.0 Å². The molecule has 0 aliphatic rings. The third kappa shape index (κ3) is 4.54. The van der Waals surface area contributed by atoms with Gasteiger partial charge < -0.3 is 14.8 Å². The van der Waals surface area contributed by atoms with Gasteiger partial charge in [0.25, 0.3) is 15.9 Å². The van der Waals surface area contributed by atoms with Gasteiger partial charge in [0.05, 0.1) is 23.3 Å². The summed E-state index contributed by atoms with van der Waals surface area (Å²) in [5.41, 5.74) is 0.463. The molecule has 138 valence electrons. The van der Waals surface area contributed by atoms with E-state index >= 15 is 0 Å². The zero-order valence-electron chi connectivity index (χ0n) is 14.5. The van der Waals surface area contributed by atoms with Crippen LogP contribution in [0.25, 0.3) is 0 Å². The Labute approximate surface area is 152 Å². The SMILES string of the molecule is C=CCOc1cccc(NS(=O)(=O)c2ccc(OC)c(C(=O)NC)c2)c1. The second kappa shape index (κ2) is 8.39. The van der Waals surface area contributed by atoms with Gasteiger partial charge in [-0.25, -0.2) is 8.42 Å². The highest BCUT2D eigenvalue weighted by Gasteiger charge is 2.19. The van der Waals surface area contributed by atoms with Gasteiger partial charge in [-0.2, -0.15) is 0 Å². The molecule has 0 spiro atoms. The van der Waals surface area contributed by atoms with Crippen LogP contribution in [0.1, 0.15) is 10.4 Å². The van der Waals surface area contributed by atoms with E-state index in [1.807, 2.05) is 0 Å². The summed E-state index contributed by atoms with van der Waals surface area (Å²) in [6.45, 7) is 3.87. The van der Waals surface area contributed by atoms with Crippen LogP contribution in [0.4, 0.5) is 5.69 Å². The molecule has 2 N–H and O–H groups in total. The highest BCUT2D eigenvalue weighted by Crippen LogP contribution is 2.25. The molecule has 1 amide bonds. The molecule has 0 saturated heterocycles. The van der Waals surface area contributed by atoms with Gasteiger partial charge in [0, 0.05) is 13.1 Å². The lowest BCUT2D eigenvalue weighted by atomic mass is 10.2. The van der Waals surface area contributed by atoms with Crippen molar-refractivity contribution in [3.05, 3.63) is 60.7 Å². The van der Waals surface area contributed by atoms with Crippen LogP contribution in [0.5, 0.6) is 11.5 Å². The number of ether oxygens (including phenoxy) is 2. The van der Waals surface area contributed by atoms with Gasteiger partial charge in [-0.05, 0) is 30.3 Å². The Morgan fingerprint density at radius 1 is 1.23 bits per heavy atom. The summed E-state index contributed by atoms with van der Waals surface area (Å²) in [6.07, 6.45) is 1.59. The van der Waals surface area contributed by atoms with E-state index in [2.05, 4.69) is 16.6 Å². The van der Waals surface area contributed by atoms with Crippen molar-refractivity contribution in [2.24, 2.45) is 0 Å². The molecule has 0 aliphatic heterocycles. The largest absolute Gasteiger partial charge is 0.496 e. The summed E-state index contributed by atoms with van der Waals surface area (Å²) in [7, 11) is -1.04. The summed E-state index contributed by atoms with van der Waals surface area (Å²) in [5, 5.41) is 2.45. The molecule has 0 unspecified atom stereocenters. The molecule has 26 heavy (non-hydrogen) atoms. The Balaban J connectivity index is 2.33. The molecule has 0 aliphatic carbocycles. The maximum atomic E-state index is 12.6. The number of hydrogen-bond acceptors (Lipinski definition) is 5. The van der Waals surface area contributed by atoms with E-state index in [0.717, 1.165) is 0 Å². The summed E-state index contributed by atoms with van der Waals surface area (Å²) in [4.78, 5) is 11.9. The third-order valence-corrected chi connectivity index (χ3v) is 4.79. The topological polar surface area (TPSA) is 93.7 Å². The van der Waals surface area contributed by atoms with E-state index in [1.165, 1.54) is 32.4 Å². The van der Waals surface area contributed by atoms with Crippen LogP contribution in [0, 0.1) is 0 Å². The lowest BCUT2D eigenvalue weighted by Gasteiger charge is -2.12. The van der Waals surface area contributed by atoms with Crippen molar-refractivity contribution in [2.75, 3.05) is 25.5 Å². The summed E-state index contributed by atoms with van der Waals surface area (Å²) in [5.74, 6) is 0.340. The second-order valence-corrected chi connectivity index (χ2v) is 6.86. The minimum atomic E-state index is -3.90. The minimum absolute atomic E-state index is 0.0608. The smallest absolute Gasteiger partial charge is 0.261 e. The minimum Gasteiger partial charge on any atom is -0.496 e. The molecule has 8 heteroatoms. The van der Waals surface area contributed by atoms with Crippen molar-refractivity contribution >= 4 is 21.6 Å². The lowest BCUT2D eigenvalue weighted by molar-refractivity contribution is 0.0960. The fourth-order valence-electron chi connectivity index (χ4n) is 2.18. The third-order valence-electron chi connectivity index (χ3n) is 3.41. The van der Waals surface area contributed by atoms with Crippen LogP contribution in [0.3, 0.4) is 0 Å². The van der Waals surface area contributed by atoms with Crippen molar-refractivity contribution in [1.29, 1.82) is 0 Å². The van der Waals surface area contributed by atoms with Crippen LogP contribution in [-0.4, -0.2) is 35.1 Å².